The summed E-state index contributed by atoms with van der Waals surface area (Å²) in [5.74, 6) is 2.84. The minimum absolute atomic E-state index is 0.456. The molecule has 0 fully saturated rings. The molecule has 0 radical (unpaired) electrons. The molecule has 19 heavy (non-hydrogen) atoms. The zero-order valence-corrected chi connectivity index (χ0v) is 12.2. The fourth-order valence-corrected chi connectivity index (χ4v) is 2.39. The van der Waals surface area contributed by atoms with Gasteiger partial charge < -0.3 is 4.74 Å². The van der Waals surface area contributed by atoms with Crippen molar-refractivity contribution in [2.75, 3.05) is 0 Å². The van der Waals surface area contributed by atoms with E-state index in [0.717, 1.165) is 11.5 Å². The van der Waals surface area contributed by atoms with Gasteiger partial charge in [0.15, 0.2) is 0 Å². The van der Waals surface area contributed by atoms with Crippen LogP contribution in [0.2, 0.25) is 0 Å². The van der Waals surface area contributed by atoms with Crippen LogP contribution in [0.3, 0.4) is 0 Å². The van der Waals surface area contributed by atoms with E-state index in [1.165, 1.54) is 11.1 Å². The van der Waals surface area contributed by atoms with E-state index in [1.54, 1.807) is 0 Å². The van der Waals surface area contributed by atoms with Gasteiger partial charge in [-0.15, -0.1) is 0 Å². The van der Waals surface area contributed by atoms with E-state index in [1.807, 2.05) is 30.3 Å². The third-order valence-corrected chi connectivity index (χ3v) is 3.27. The first-order chi connectivity index (χ1) is 9.09. The Morgan fingerprint density at radius 3 is 2.00 bits per heavy atom. The van der Waals surface area contributed by atoms with Crippen molar-refractivity contribution < 1.29 is 4.74 Å². The molecule has 2 rings (SSSR count). The van der Waals surface area contributed by atoms with E-state index in [9.17, 15) is 0 Å². The summed E-state index contributed by atoms with van der Waals surface area (Å²) < 4.78 is 6.06. The van der Waals surface area contributed by atoms with Crippen molar-refractivity contribution in [3.05, 3.63) is 59.7 Å². The first-order valence-corrected chi connectivity index (χ1v) is 6.95. The molecule has 0 spiro atoms. The first kappa shape index (κ1) is 13.7. The van der Waals surface area contributed by atoms with E-state index in [0.29, 0.717) is 11.8 Å². The van der Waals surface area contributed by atoms with Crippen molar-refractivity contribution >= 4 is 0 Å². The number of rotatable bonds is 4. The average Bonchev–Trinajstić information content (AvgIpc) is 2.39. The van der Waals surface area contributed by atoms with Gasteiger partial charge >= 0.3 is 0 Å². The fraction of sp³-hybridized carbons (Fsp3) is 0.333. The molecule has 2 aromatic rings. The lowest BCUT2D eigenvalue weighted by atomic mass is 9.90. The Bertz CT molecular complexity index is 527. The maximum absolute atomic E-state index is 6.06. The Morgan fingerprint density at radius 2 is 1.42 bits per heavy atom. The van der Waals surface area contributed by atoms with Crippen LogP contribution in [0.5, 0.6) is 11.5 Å². The molecule has 0 aliphatic carbocycles. The number of hydrogen-bond donors (Lipinski definition) is 0. The Morgan fingerprint density at radius 1 is 0.737 bits per heavy atom. The van der Waals surface area contributed by atoms with Crippen molar-refractivity contribution in [3.63, 3.8) is 0 Å². The summed E-state index contributed by atoms with van der Waals surface area (Å²) >= 11 is 0. The summed E-state index contributed by atoms with van der Waals surface area (Å²) in [5, 5.41) is 0. The lowest BCUT2D eigenvalue weighted by Gasteiger charge is -2.20. The molecular formula is C18H22O. The predicted octanol–water partition coefficient (Wildman–Crippen LogP) is 5.73. The molecule has 0 aliphatic heterocycles. The third-order valence-electron chi connectivity index (χ3n) is 3.27. The van der Waals surface area contributed by atoms with Gasteiger partial charge in [-0.05, 0) is 35.6 Å². The van der Waals surface area contributed by atoms with E-state index in [4.69, 9.17) is 4.74 Å². The maximum Gasteiger partial charge on any atom is 0.131 e. The van der Waals surface area contributed by atoms with E-state index in [2.05, 4.69) is 45.9 Å². The Kier molecular flexibility index (Phi) is 4.26. The van der Waals surface area contributed by atoms with Gasteiger partial charge in [-0.3, -0.25) is 0 Å². The second kappa shape index (κ2) is 5.92. The van der Waals surface area contributed by atoms with Crippen molar-refractivity contribution in [2.45, 2.75) is 39.5 Å². The third kappa shape index (κ3) is 3.17. The highest BCUT2D eigenvalue weighted by Gasteiger charge is 2.15. The van der Waals surface area contributed by atoms with Crippen molar-refractivity contribution in [2.24, 2.45) is 0 Å². The average molecular weight is 254 g/mol. The van der Waals surface area contributed by atoms with Crippen molar-refractivity contribution in [3.8, 4) is 11.5 Å². The quantitative estimate of drug-likeness (QED) is 0.677. The number of hydrogen-bond acceptors (Lipinski definition) is 1. The monoisotopic (exact) mass is 254 g/mol. The van der Waals surface area contributed by atoms with Crippen LogP contribution in [-0.4, -0.2) is 0 Å². The Balaban J connectivity index is 2.42. The van der Waals surface area contributed by atoms with Gasteiger partial charge in [0.25, 0.3) is 0 Å². The molecule has 1 nitrogen and oxygen atoms in total. The minimum atomic E-state index is 0.456. The van der Waals surface area contributed by atoms with Gasteiger partial charge in [-0.25, -0.2) is 0 Å². The zero-order chi connectivity index (χ0) is 13.8. The lowest BCUT2D eigenvalue weighted by molar-refractivity contribution is 0.471. The molecule has 0 atom stereocenters. The van der Waals surface area contributed by atoms with Crippen LogP contribution >= 0.6 is 0 Å². The van der Waals surface area contributed by atoms with Gasteiger partial charge in [0.1, 0.15) is 11.5 Å². The Hall–Kier alpha value is -1.76. The summed E-state index contributed by atoms with van der Waals surface area (Å²) in [4.78, 5) is 0. The lowest BCUT2D eigenvalue weighted by Crippen LogP contribution is -2.01. The highest BCUT2D eigenvalue weighted by atomic mass is 16.5. The molecule has 1 heteroatoms. The van der Waals surface area contributed by atoms with Crippen LogP contribution in [0.4, 0.5) is 0 Å². The van der Waals surface area contributed by atoms with Crippen molar-refractivity contribution in [1.29, 1.82) is 0 Å². The standard InChI is InChI=1S/C18H22O/c1-13(2)16-11-8-12-17(18(16)14(3)4)19-15-9-6-5-7-10-15/h5-14H,1-4H3. The Labute approximate surface area is 116 Å². The predicted molar refractivity (Wildman–Crippen MR) is 81.1 cm³/mol. The molecule has 0 N–H and O–H groups in total. The molecule has 100 valence electrons. The van der Waals surface area contributed by atoms with E-state index < -0.39 is 0 Å². The van der Waals surface area contributed by atoms with E-state index >= 15 is 0 Å². The zero-order valence-electron chi connectivity index (χ0n) is 12.2. The summed E-state index contributed by atoms with van der Waals surface area (Å²) in [6.45, 7) is 8.90. The second-order valence-corrected chi connectivity index (χ2v) is 5.48. The fourth-order valence-electron chi connectivity index (χ4n) is 2.39. The molecule has 0 saturated heterocycles. The molecule has 0 aromatic heterocycles. The van der Waals surface area contributed by atoms with Gasteiger partial charge in [0.2, 0.25) is 0 Å². The molecule has 0 unspecified atom stereocenters. The highest BCUT2D eigenvalue weighted by molar-refractivity contribution is 5.46. The molecular weight excluding hydrogens is 232 g/mol. The minimum Gasteiger partial charge on any atom is -0.457 e. The van der Waals surface area contributed by atoms with Crippen LogP contribution in [0.1, 0.15) is 50.7 Å². The maximum atomic E-state index is 6.06. The molecule has 2 aromatic carbocycles. The summed E-state index contributed by atoms with van der Waals surface area (Å²) in [6.07, 6.45) is 0. The molecule has 0 heterocycles. The first-order valence-electron chi connectivity index (χ1n) is 6.95. The van der Waals surface area contributed by atoms with Gasteiger partial charge in [-0.1, -0.05) is 58.0 Å². The van der Waals surface area contributed by atoms with Crippen LogP contribution < -0.4 is 4.74 Å². The van der Waals surface area contributed by atoms with Gasteiger partial charge in [-0.2, -0.15) is 0 Å². The summed E-state index contributed by atoms with van der Waals surface area (Å²) in [5.41, 5.74) is 2.70. The SMILES string of the molecule is CC(C)c1cccc(Oc2ccccc2)c1C(C)C. The summed E-state index contributed by atoms with van der Waals surface area (Å²) in [7, 11) is 0. The van der Waals surface area contributed by atoms with Gasteiger partial charge in [0, 0.05) is 5.56 Å². The molecule has 0 bridgehead atoms. The number of ether oxygens (including phenoxy) is 1. The van der Waals surface area contributed by atoms with E-state index in [-0.39, 0.29) is 0 Å². The van der Waals surface area contributed by atoms with Gasteiger partial charge in [0.05, 0.1) is 0 Å². The van der Waals surface area contributed by atoms with Crippen LogP contribution in [0, 0.1) is 0 Å². The molecule has 0 aliphatic rings. The van der Waals surface area contributed by atoms with Crippen molar-refractivity contribution in [1.82, 2.24) is 0 Å². The number of benzene rings is 2. The normalized spacial score (nSPS) is 11.1. The van der Waals surface area contributed by atoms with Crippen LogP contribution in [0.25, 0.3) is 0 Å². The van der Waals surface area contributed by atoms with Crippen LogP contribution in [-0.2, 0) is 0 Å². The second-order valence-electron chi connectivity index (χ2n) is 5.48. The van der Waals surface area contributed by atoms with Crippen LogP contribution in [0.15, 0.2) is 48.5 Å². The molecule has 0 saturated carbocycles. The topological polar surface area (TPSA) is 9.23 Å². The number of para-hydroxylation sites is 1. The highest BCUT2D eigenvalue weighted by Crippen LogP contribution is 2.36. The smallest absolute Gasteiger partial charge is 0.131 e. The largest absolute Gasteiger partial charge is 0.457 e. The molecule has 0 amide bonds. The summed E-state index contributed by atoms with van der Waals surface area (Å²) in [6, 6.07) is 16.3.